The molecule has 3 rings (SSSR count). The molecule has 0 aliphatic heterocycles. The molecule has 0 bridgehead atoms. The minimum absolute atomic E-state index is 0.00649. The van der Waals surface area contributed by atoms with Gasteiger partial charge in [0.2, 0.25) is 0 Å². The minimum atomic E-state index is -0.579. The molecule has 0 spiro atoms. The first-order valence-electron chi connectivity index (χ1n) is 12.0. The van der Waals surface area contributed by atoms with E-state index in [-0.39, 0.29) is 24.0 Å². The molecule has 12 heteroatoms. The Morgan fingerprint density at radius 1 is 0.500 bits per heavy atom. The second kappa shape index (κ2) is 13.4. The summed E-state index contributed by atoms with van der Waals surface area (Å²) >= 11 is 0. The number of carbonyl (C=O) groups is 2. The quantitative estimate of drug-likeness (QED) is 0.366. The Labute approximate surface area is 232 Å². The molecule has 0 heterocycles. The van der Waals surface area contributed by atoms with Crippen molar-refractivity contribution in [3.63, 3.8) is 0 Å². The molecule has 0 fully saturated rings. The van der Waals surface area contributed by atoms with Gasteiger partial charge in [-0.05, 0) is 0 Å². The van der Waals surface area contributed by atoms with Crippen molar-refractivity contribution >= 4 is 23.3 Å². The van der Waals surface area contributed by atoms with Crippen LogP contribution < -0.4 is 39.1 Å². The third-order valence-electron chi connectivity index (χ3n) is 6.28. The number of anilines is 2. The number of benzene rings is 2. The third kappa shape index (κ3) is 6.11. The van der Waals surface area contributed by atoms with Gasteiger partial charge >= 0.3 is 11.9 Å². The Morgan fingerprint density at radius 2 is 0.800 bits per heavy atom. The molecule has 1 aliphatic carbocycles. The lowest BCUT2D eigenvalue weighted by atomic mass is 9.92. The smallest absolute Gasteiger partial charge is 0.335 e. The van der Waals surface area contributed by atoms with Crippen molar-refractivity contribution in [2.45, 2.75) is 12.8 Å². The molecule has 0 unspecified atom stereocenters. The van der Waals surface area contributed by atoms with Gasteiger partial charge in [0.05, 0.1) is 79.4 Å². The van der Waals surface area contributed by atoms with E-state index < -0.39 is 11.9 Å². The number of hydrogen-bond donors (Lipinski definition) is 2. The van der Waals surface area contributed by atoms with Crippen LogP contribution in [-0.4, -0.2) is 68.8 Å². The first kappa shape index (κ1) is 29.8. The average Bonchev–Trinajstić information content (AvgIpc) is 2.99. The standard InChI is InChI=1S/C28H34N2O10/c1-33-21-13-25(37-5)23(35-3)11-19(21)29-17-9-16(28(32)40-8)18(10-15(17)27(31)39-7)30-20-12-24(36-4)26(38-6)14-22(20)34-2/h11-14,29-30H,9-10H2,1-8H3. The molecule has 40 heavy (non-hydrogen) atoms. The van der Waals surface area contributed by atoms with Gasteiger partial charge in [-0.1, -0.05) is 0 Å². The van der Waals surface area contributed by atoms with Crippen LogP contribution in [0.1, 0.15) is 12.8 Å². The van der Waals surface area contributed by atoms with Gasteiger partial charge in [-0.25, -0.2) is 9.59 Å². The topological polar surface area (TPSA) is 132 Å². The number of nitrogens with one attached hydrogen (secondary N) is 2. The summed E-state index contributed by atoms with van der Waals surface area (Å²) in [7, 11) is 11.6. The molecule has 2 aromatic rings. The molecule has 0 saturated heterocycles. The maximum absolute atomic E-state index is 13.0. The fraction of sp³-hybridized carbons (Fsp3) is 0.357. The first-order chi connectivity index (χ1) is 19.3. The van der Waals surface area contributed by atoms with Gasteiger partial charge < -0.3 is 48.5 Å². The SMILES string of the molecule is COC(=O)C1=C(Nc2cc(OC)c(OC)cc2OC)CC(C(=O)OC)=C(Nc2cc(OC)c(OC)cc2OC)C1. The number of esters is 2. The predicted molar refractivity (Wildman–Crippen MR) is 147 cm³/mol. The van der Waals surface area contributed by atoms with E-state index >= 15 is 0 Å². The van der Waals surface area contributed by atoms with Crippen molar-refractivity contribution in [3.8, 4) is 34.5 Å². The number of allylic oxidation sites excluding steroid dienone is 2. The highest BCUT2D eigenvalue weighted by atomic mass is 16.5. The lowest BCUT2D eigenvalue weighted by molar-refractivity contribution is -0.137. The van der Waals surface area contributed by atoms with Crippen LogP contribution in [0.3, 0.4) is 0 Å². The van der Waals surface area contributed by atoms with Crippen LogP contribution in [0.5, 0.6) is 34.5 Å². The fourth-order valence-electron chi connectivity index (χ4n) is 4.24. The van der Waals surface area contributed by atoms with E-state index in [1.54, 1.807) is 24.3 Å². The molecule has 216 valence electrons. The molecule has 2 aromatic carbocycles. The molecule has 0 saturated carbocycles. The molecule has 1 aliphatic rings. The maximum atomic E-state index is 13.0. The van der Waals surface area contributed by atoms with Gasteiger partial charge in [-0.2, -0.15) is 0 Å². The summed E-state index contributed by atoms with van der Waals surface area (Å²) < 4.78 is 42.8. The molecular formula is C28H34N2O10. The van der Waals surface area contributed by atoms with Gasteiger partial charge in [0.25, 0.3) is 0 Å². The summed E-state index contributed by atoms with van der Waals surface area (Å²) in [4.78, 5) is 25.9. The minimum Gasteiger partial charge on any atom is -0.494 e. The van der Waals surface area contributed by atoms with Crippen LogP contribution in [0.2, 0.25) is 0 Å². The zero-order valence-electron chi connectivity index (χ0n) is 23.8. The molecule has 2 N–H and O–H groups in total. The zero-order chi connectivity index (χ0) is 29.4. The van der Waals surface area contributed by atoms with Gasteiger partial charge in [0.1, 0.15) is 11.5 Å². The third-order valence-corrected chi connectivity index (χ3v) is 6.28. The maximum Gasteiger partial charge on any atom is 0.335 e. The van der Waals surface area contributed by atoms with Crippen LogP contribution in [-0.2, 0) is 19.1 Å². The molecule has 0 atom stereocenters. The second-order valence-corrected chi connectivity index (χ2v) is 8.32. The van der Waals surface area contributed by atoms with Crippen molar-refractivity contribution in [1.82, 2.24) is 0 Å². The molecule has 0 radical (unpaired) electrons. The highest BCUT2D eigenvalue weighted by molar-refractivity contribution is 5.96. The fourth-order valence-corrected chi connectivity index (χ4v) is 4.24. The Bertz CT molecular complexity index is 1230. The van der Waals surface area contributed by atoms with Gasteiger partial charge in [0, 0.05) is 48.5 Å². The average molecular weight is 559 g/mol. The number of carbonyl (C=O) groups excluding carboxylic acids is 2. The summed E-state index contributed by atoms with van der Waals surface area (Å²) in [6, 6.07) is 6.64. The van der Waals surface area contributed by atoms with E-state index in [0.717, 1.165) is 0 Å². The van der Waals surface area contributed by atoms with Crippen LogP contribution in [0.15, 0.2) is 46.8 Å². The van der Waals surface area contributed by atoms with E-state index in [9.17, 15) is 9.59 Å². The normalized spacial score (nSPS) is 12.8. The van der Waals surface area contributed by atoms with Crippen LogP contribution in [0, 0.1) is 0 Å². The van der Waals surface area contributed by atoms with Crippen molar-refractivity contribution in [2.24, 2.45) is 0 Å². The van der Waals surface area contributed by atoms with Crippen LogP contribution in [0.4, 0.5) is 11.4 Å². The molecular weight excluding hydrogens is 524 g/mol. The lowest BCUT2D eigenvalue weighted by Gasteiger charge is -2.27. The van der Waals surface area contributed by atoms with Gasteiger partial charge in [-0.15, -0.1) is 0 Å². The molecule has 0 amide bonds. The highest BCUT2D eigenvalue weighted by Crippen LogP contribution is 2.42. The van der Waals surface area contributed by atoms with Crippen LogP contribution in [0.25, 0.3) is 0 Å². The predicted octanol–water partition coefficient (Wildman–Crippen LogP) is 3.91. The lowest BCUT2D eigenvalue weighted by Crippen LogP contribution is -2.24. The van der Waals surface area contributed by atoms with E-state index in [2.05, 4.69) is 10.6 Å². The number of ether oxygens (including phenoxy) is 8. The Hall–Kier alpha value is -4.74. The molecule has 12 nitrogen and oxygen atoms in total. The Morgan fingerprint density at radius 3 is 1.07 bits per heavy atom. The summed E-state index contributed by atoms with van der Waals surface area (Å²) in [5.74, 6) is 1.49. The number of hydrogen-bond acceptors (Lipinski definition) is 12. The van der Waals surface area contributed by atoms with Crippen LogP contribution >= 0.6 is 0 Å². The van der Waals surface area contributed by atoms with Crippen molar-refractivity contribution in [2.75, 3.05) is 67.5 Å². The number of rotatable bonds is 12. The summed E-state index contributed by atoms with van der Waals surface area (Å²) in [5.41, 5.74) is 2.38. The van der Waals surface area contributed by atoms with E-state index in [4.69, 9.17) is 37.9 Å². The van der Waals surface area contributed by atoms with E-state index in [1.165, 1.54) is 56.9 Å². The van der Waals surface area contributed by atoms with Crippen molar-refractivity contribution < 1.29 is 47.5 Å². The highest BCUT2D eigenvalue weighted by Gasteiger charge is 2.31. The number of methoxy groups -OCH3 is 8. The van der Waals surface area contributed by atoms with E-state index in [1.807, 2.05) is 0 Å². The first-order valence-corrected chi connectivity index (χ1v) is 12.0. The largest absolute Gasteiger partial charge is 0.494 e. The van der Waals surface area contributed by atoms with Gasteiger partial charge in [0.15, 0.2) is 23.0 Å². The van der Waals surface area contributed by atoms with E-state index in [0.29, 0.717) is 57.3 Å². The summed E-state index contributed by atoms with van der Waals surface area (Å²) in [6.45, 7) is 0. The van der Waals surface area contributed by atoms with Crippen molar-refractivity contribution in [1.29, 1.82) is 0 Å². The summed E-state index contributed by atoms with van der Waals surface area (Å²) in [6.07, 6.45) is 0.0130. The zero-order valence-corrected chi connectivity index (χ0v) is 23.8. The Kier molecular flexibility index (Phi) is 9.96. The Balaban J connectivity index is 2.11. The van der Waals surface area contributed by atoms with Crippen molar-refractivity contribution in [3.05, 3.63) is 46.8 Å². The monoisotopic (exact) mass is 558 g/mol. The second-order valence-electron chi connectivity index (χ2n) is 8.32. The van der Waals surface area contributed by atoms with Gasteiger partial charge in [-0.3, -0.25) is 0 Å². The summed E-state index contributed by atoms with van der Waals surface area (Å²) in [5, 5.41) is 6.46. The molecule has 0 aromatic heterocycles.